The van der Waals surface area contributed by atoms with Gasteiger partial charge in [0.2, 0.25) is 0 Å². The lowest BCUT2D eigenvalue weighted by atomic mass is 10.3. The number of rotatable bonds is 2. The van der Waals surface area contributed by atoms with Crippen LogP contribution in [-0.4, -0.2) is 15.0 Å². The van der Waals surface area contributed by atoms with Crippen molar-refractivity contribution in [2.75, 3.05) is 11.1 Å². The van der Waals surface area contributed by atoms with Gasteiger partial charge in [-0.25, -0.2) is 9.37 Å². The van der Waals surface area contributed by atoms with Gasteiger partial charge in [-0.1, -0.05) is 0 Å². The van der Waals surface area contributed by atoms with E-state index >= 15 is 0 Å². The highest BCUT2D eigenvalue weighted by Gasteiger charge is 2.03. The largest absolute Gasteiger partial charge is 0.369 e. The van der Waals surface area contributed by atoms with Crippen molar-refractivity contribution >= 4 is 28.5 Å². The van der Waals surface area contributed by atoms with E-state index in [1.54, 1.807) is 18.3 Å². The second kappa shape index (κ2) is 3.99. The Hall–Kier alpha value is -2.63. The maximum Gasteiger partial charge on any atom is 0.200 e. The van der Waals surface area contributed by atoms with E-state index in [0.717, 1.165) is 16.9 Å². The quantitative estimate of drug-likeness (QED) is 0.645. The molecule has 0 radical (unpaired) electrons. The van der Waals surface area contributed by atoms with Crippen LogP contribution >= 0.6 is 0 Å². The minimum atomic E-state index is -0.268. The summed E-state index contributed by atoms with van der Waals surface area (Å²) in [5, 5.41) is 3.11. The molecule has 0 saturated carbocycles. The van der Waals surface area contributed by atoms with Crippen LogP contribution in [0.5, 0.6) is 0 Å². The summed E-state index contributed by atoms with van der Waals surface area (Å²) in [6, 6.07) is 7.93. The predicted molar refractivity (Wildman–Crippen MR) is 68.0 cm³/mol. The zero-order chi connectivity index (χ0) is 12.5. The van der Waals surface area contributed by atoms with Gasteiger partial charge >= 0.3 is 0 Å². The van der Waals surface area contributed by atoms with E-state index < -0.39 is 0 Å². The SMILES string of the molecule is Nc1nc2ncc(Nc3ccc(F)cc3)cc2[nH]1. The number of imidazole rings is 1. The van der Waals surface area contributed by atoms with E-state index in [9.17, 15) is 4.39 Å². The van der Waals surface area contributed by atoms with Gasteiger partial charge in [-0.15, -0.1) is 0 Å². The summed E-state index contributed by atoms with van der Waals surface area (Å²) < 4.78 is 12.8. The first-order valence-corrected chi connectivity index (χ1v) is 5.34. The van der Waals surface area contributed by atoms with Crippen LogP contribution in [0.25, 0.3) is 11.2 Å². The standard InChI is InChI=1S/C12H10FN5/c13-7-1-3-8(4-2-7)16-9-5-10-11(15-6-9)18-12(14)17-10/h1-6,16H,(H3,14,15,17,18). The van der Waals surface area contributed by atoms with Crippen LogP contribution in [-0.2, 0) is 0 Å². The average molecular weight is 243 g/mol. The van der Waals surface area contributed by atoms with Crippen molar-refractivity contribution < 1.29 is 4.39 Å². The van der Waals surface area contributed by atoms with Crippen molar-refractivity contribution in [3.05, 3.63) is 42.3 Å². The molecule has 0 fully saturated rings. The fourth-order valence-corrected chi connectivity index (χ4v) is 1.69. The molecule has 0 unspecified atom stereocenters. The Morgan fingerprint density at radius 1 is 1.17 bits per heavy atom. The summed E-state index contributed by atoms with van der Waals surface area (Å²) >= 11 is 0. The van der Waals surface area contributed by atoms with Crippen molar-refractivity contribution in [1.82, 2.24) is 15.0 Å². The molecule has 2 heterocycles. The van der Waals surface area contributed by atoms with Crippen LogP contribution in [0, 0.1) is 5.82 Å². The highest BCUT2D eigenvalue weighted by atomic mass is 19.1. The fraction of sp³-hybridized carbons (Fsp3) is 0. The normalized spacial score (nSPS) is 10.7. The molecule has 0 spiro atoms. The number of fused-ring (bicyclic) bond motifs is 1. The maximum atomic E-state index is 12.8. The Morgan fingerprint density at radius 3 is 2.72 bits per heavy atom. The van der Waals surface area contributed by atoms with Gasteiger partial charge in [0.15, 0.2) is 11.6 Å². The molecule has 2 aromatic heterocycles. The molecular weight excluding hydrogens is 233 g/mol. The topological polar surface area (TPSA) is 79.6 Å². The number of nitrogens with two attached hydrogens (primary N) is 1. The van der Waals surface area contributed by atoms with Gasteiger partial charge < -0.3 is 16.0 Å². The zero-order valence-corrected chi connectivity index (χ0v) is 9.31. The van der Waals surface area contributed by atoms with Crippen molar-refractivity contribution in [1.29, 1.82) is 0 Å². The highest BCUT2D eigenvalue weighted by Crippen LogP contribution is 2.19. The molecular formula is C12H10FN5. The number of pyridine rings is 1. The highest BCUT2D eigenvalue weighted by molar-refractivity contribution is 5.77. The van der Waals surface area contributed by atoms with Gasteiger partial charge in [0.05, 0.1) is 17.4 Å². The summed E-state index contributed by atoms with van der Waals surface area (Å²) in [5.74, 6) is 0.0619. The first-order chi connectivity index (χ1) is 8.70. The monoisotopic (exact) mass is 243 g/mol. The smallest absolute Gasteiger partial charge is 0.200 e. The molecule has 0 aliphatic heterocycles. The van der Waals surface area contributed by atoms with E-state index in [4.69, 9.17) is 5.73 Å². The molecule has 0 saturated heterocycles. The molecule has 0 bridgehead atoms. The van der Waals surface area contributed by atoms with Gasteiger partial charge in [0.1, 0.15) is 5.82 Å². The minimum Gasteiger partial charge on any atom is -0.369 e. The third-order valence-corrected chi connectivity index (χ3v) is 2.49. The summed E-state index contributed by atoms with van der Waals surface area (Å²) in [5.41, 5.74) is 8.42. The molecule has 18 heavy (non-hydrogen) atoms. The second-order valence-electron chi connectivity index (χ2n) is 3.85. The Kier molecular flexibility index (Phi) is 2.33. The summed E-state index contributed by atoms with van der Waals surface area (Å²) in [6.45, 7) is 0. The van der Waals surface area contributed by atoms with Crippen LogP contribution in [0.15, 0.2) is 36.5 Å². The Bertz CT molecular complexity index is 689. The van der Waals surface area contributed by atoms with Gasteiger partial charge in [-0.2, -0.15) is 4.98 Å². The van der Waals surface area contributed by atoms with Crippen molar-refractivity contribution in [2.24, 2.45) is 0 Å². The second-order valence-corrected chi connectivity index (χ2v) is 3.85. The first-order valence-electron chi connectivity index (χ1n) is 5.34. The van der Waals surface area contributed by atoms with Crippen LogP contribution in [0.3, 0.4) is 0 Å². The molecule has 0 aliphatic carbocycles. The van der Waals surface area contributed by atoms with Gasteiger partial charge in [0.25, 0.3) is 0 Å². The lowest BCUT2D eigenvalue weighted by Crippen LogP contribution is -1.91. The minimum absolute atomic E-state index is 0.268. The maximum absolute atomic E-state index is 12.8. The number of H-pyrrole nitrogens is 1. The molecule has 0 aliphatic rings. The number of nitrogens with zero attached hydrogens (tertiary/aromatic N) is 2. The lowest BCUT2D eigenvalue weighted by Gasteiger charge is -2.05. The summed E-state index contributed by atoms with van der Waals surface area (Å²) in [7, 11) is 0. The van der Waals surface area contributed by atoms with E-state index in [-0.39, 0.29) is 5.82 Å². The molecule has 0 amide bonds. The van der Waals surface area contributed by atoms with Crippen LogP contribution in [0.4, 0.5) is 21.7 Å². The lowest BCUT2D eigenvalue weighted by molar-refractivity contribution is 0.628. The number of hydrogen-bond donors (Lipinski definition) is 3. The molecule has 6 heteroatoms. The summed E-state index contributed by atoms with van der Waals surface area (Å²) in [4.78, 5) is 11.1. The van der Waals surface area contributed by atoms with Crippen LogP contribution < -0.4 is 11.1 Å². The first kappa shape index (κ1) is 10.5. The number of hydrogen-bond acceptors (Lipinski definition) is 4. The van der Waals surface area contributed by atoms with Crippen molar-refractivity contribution in [3.8, 4) is 0 Å². The Labute approximate surface area is 102 Å². The Morgan fingerprint density at radius 2 is 1.94 bits per heavy atom. The molecule has 3 rings (SSSR count). The number of benzene rings is 1. The number of nitrogens with one attached hydrogen (secondary N) is 2. The molecule has 90 valence electrons. The zero-order valence-electron chi connectivity index (χ0n) is 9.31. The fourth-order valence-electron chi connectivity index (χ4n) is 1.69. The molecule has 4 N–H and O–H groups in total. The summed E-state index contributed by atoms with van der Waals surface area (Å²) in [6.07, 6.45) is 1.64. The predicted octanol–water partition coefficient (Wildman–Crippen LogP) is 2.42. The third-order valence-electron chi connectivity index (χ3n) is 2.49. The van der Waals surface area contributed by atoms with Gasteiger partial charge in [0, 0.05) is 5.69 Å². The van der Waals surface area contributed by atoms with Crippen LogP contribution in [0.1, 0.15) is 0 Å². The number of aromatic nitrogens is 3. The van der Waals surface area contributed by atoms with E-state index in [0.29, 0.717) is 11.6 Å². The average Bonchev–Trinajstić information content (AvgIpc) is 2.71. The van der Waals surface area contributed by atoms with Crippen molar-refractivity contribution in [2.45, 2.75) is 0 Å². The van der Waals surface area contributed by atoms with E-state index in [2.05, 4.69) is 20.3 Å². The number of nitrogen functional groups attached to an aromatic ring is 1. The van der Waals surface area contributed by atoms with E-state index in [1.165, 1.54) is 12.1 Å². The number of aromatic amines is 1. The third kappa shape index (κ3) is 1.95. The van der Waals surface area contributed by atoms with Crippen molar-refractivity contribution in [3.63, 3.8) is 0 Å². The Balaban J connectivity index is 1.92. The van der Waals surface area contributed by atoms with Crippen LogP contribution in [0.2, 0.25) is 0 Å². The molecule has 5 nitrogen and oxygen atoms in total. The van der Waals surface area contributed by atoms with E-state index in [1.807, 2.05) is 6.07 Å². The molecule has 0 atom stereocenters. The van der Waals surface area contributed by atoms with Gasteiger partial charge in [-0.3, -0.25) is 0 Å². The number of anilines is 3. The van der Waals surface area contributed by atoms with Gasteiger partial charge in [-0.05, 0) is 30.3 Å². The number of halogens is 1. The molecule has 3 aromatic rings. The molecule has 1 aromatic carbocycles.